The molecule has 1 aromatic rings. The maximum atomic E-state index is 11.4. The third kappa shape index (κ3) is 2.37. The normalized spacial score (nSPS) is 22.5. The Labute approximate surface area is 110 Å². The lowest BCUT2D eigenvalue weighted by Gasteiger charge is -2.22. The number of carbonyl (C=O) groups is 2. The number of rotatable bonds is 3. The predicted octanol–water partition coefficient (Wildman–Crippen LogP) is -0.519. The van der Waals surface area contributed by atoms with Gasteiger partial charge in [-0.2, -0.15) is 0 Å². The van der Waals surface area contributed by atoms with E-state index in [9.17, 15) is 9.59 Å². The summed E-state index contributed by atoms with van der Waals surface area (Å²) in [4.78, 5) is 28.5. The fourth-order valence-electron chi connectivity index (χ4n) is 2.16. The van der Waals surface area contributed by atoms with Gasteiger partial charge in [0.25, 0.3) is 5.91 Å². The van der Waals surface area contributed by atoms with Gasteiger partial charge in [0, 0.05) is 18.8 Å². The van der Waals surface area contributed by atoms with E-state index in [1.54, 1.807) is 24.0 Å². The molecule has 0 radical (unpaired) electrons. The summed E-state index contributed by atoms with van der Waals surface area (Å²) in [5.74, 6) is -1.24. The molecular weight excluding hydrogens is 248 g/mol. The number of aliphatic carboxylic acids is 1. The second-order valence-electron chi connectivity index (χ2n) is 4.82. The topological polar surface area (TPSA) is 123 Å². The minimum absolute atomic E-state index is 0.110. The quantitative estimate of drug-likeness (QED) is 0.675. The van der Waals surface area contributed by atoms with Crippen LogP contribution >= 0.6 is 0 Å². The van der Waals surface area contributed by atoms with Crippen LogP contribution in [-0.2, 0) is 4.79 Å². The number of nitrogens with zero attached hydrogens (tertiary/aromatic N) is 2. The molecule has 1 amide bonds. The highest BCUT2D eigenvalue weighted by Gasteiger charge is 2.42. The first-order chi connectivity index (χ1) is 8.83. The highest BCUT2D eigenvalue weighted by molar-refractivity contribution is 5.98. The summed E-state index contributed by atoms with van der Waals surface area (Å²) in [5, 5.41) is 9.11. The van der Waals surface area contributed by atoms with Gasteiger partial charge in [0.2, 0.25) is 0 Å². The molecule has 5 N–H and O–H groups in total. The van der Waals surface area contributed by atoms with Crippen LogP contribution in [0, 0.1) is 6.92 Å². The Bertz CT molecular complexity index is 546. The summed E-state index contributed by atoms with van der Waals surface area (Å²) >= 11 is 0. The number of pyridine rings is 1. The van der Waals surface area contributed by atoms with Gasteiger partial charge >= 0.3 is 5.97 Å². The van der Waals surface area contributed by atoms with Gasteiger partial charge < -0.3 is 21.5 Å². The predicted molar refractivity (Wildman–Crippen MR) is 68.9 cm³/mol. The van der Waals surface area contributed by atoms with Gasteiger partial charge in [0.15, 0.2) is 0 Å². The van der Waals surface area contributed by atoms with E-state index in [1.807, 2.05) is 0 Å². The Balaban J connectivity index is 2.36. The van der Waals surface area contributed by atoms with Crippen LogP contribution in [-0.4, -0.2) is 40.6 Å². The fraction of sp³-hybridized carbons (Fsp3) is 0.417. The maximum Gasteiger partial charge on any atom is 0.325 e. The molecule has 102 valence electrons. The number of amides is 1. The third-order valence-corrected chi connectivity index (χ3v) is 3.31. The summed E-state index contributed by atoms with van der Waals surface area (Å²) in [7, 11) is 0. The molecule has 2 heterocycles. The van der Waals surface area contributed by atoms with Crippen molar-refractivity contribution in [3.63, 3.8) is 0 Å². The number of hydrogen-bond donors (Lipinski definition) is 3. The number of anilines is 1. The lowest BCUT2D eigenvalue weighted by atomic mass is 10.0. The number of primary amides is 1. The van der Waals surface area contributed by atoms with Crippen molar-refractivity contribution < 1.29 is 14.7 Å². The minimum Gasteiger partial charge on any atom is -0.480 e. The van der Waals surface area contributed by atoms with Crippen molar-refractivity contribution in [3.05, 3.63) is 23.4 Å². The largest absolute Gasteiger partial charge is 0.480 e. The third-order valence-electron chi connectivity index (χ3n) is 3.31. The Hall–Kier alpha value is -2.15. The fourth-order valence-corrected chi connectivity index (χ4v) is 2.16. The molecule has 1 aromatic heterocycles. The van der Waals surface area contributed by atoms with E-state index in [4.69, 9.17) is 16.6 Å². The average Bonchev–Trinajstić information content (AvgIpc) is 2.73. The van der Waals surface area contributed by atoms with Gasteiger partial charge in [-0.05, 0) is 25.5 Å². The number of aryl methyl sites for hydroxylation is 1. The maximum absolute atomic E-state index is 11.4. The highest BCUT2D eigenvalue weighted by Crippen LogP contribution is 2.27. The molecule has 0 bridgehead atoms. The van der Waals surface area contributed by atoms with Crippen molar-refractivity contribution >= 4 is 17.7 Å². The van der Waals surface area contributed by atoms with Crippen molar-refractivity contribution in [3.8, 4) is 0 Å². The smallest absolute Gasteiger partial charge is 0.325 e. The van der Waals surface area contributed by atoms with E-state index < -0.39 is 17.4 Å². The van der Waals surface area contributed by atoms with Gasteiger partial charge in [-0.25, -0.2) is 4.98 Å². The molecule has 7 nitrogen and oxygen atoms in total. The number of carbonyl (C=O) groups excluding carboxylic acids is 1. The van der Waals surface area contributed by atoms with Crippen LogP contribution in [0.4, 0.5) is 5.82 Å². The van der Waals surface area contributed by atoms with Gasteiger partial charge in [-0.1, -0.05) is 0 Å². The molecule has 0 spiro atoms. The number of nitrogens with two attached hydrogens (primary N) is 2. The SMILES string of the molecule is Cc1ccc(C(N)=O)c(N2CCC(N)(C(=O)O)C2)n1. The van der Waals surface area contributed by atoms with Crippen LogP contribution in [0.15, 0.2) is 12.1 Å². The lowest BCUT2D eigenvalue weighted by Crippen LogP contribution is -2.50. The van der Waals surface area contributed by atoms with Crippen molar-refractivity contribution in [2.24, 2.45) is 11.5 Å². The molecule has 1 unspecified atom stereocenters. The molecule has 1 saturated heterocycles. The minimum atomic E-state index is -1.31. The Morgan fingerprint density at radius 3 is 2.68 bits per heavy atom. The molecule has 0 aromatic carbocycles. The summed E-state index contributed by atoms with van der Waals surface area (Å²) in [6.07, 6.45) is 0.302. The molecule has 19 heavy (non-hydrogen) atoms. The number of hydrogen-bond acceptors (Lipinski definition) is 5. The van der Waals surface area contributed by atoms with Crippen molar-refractivity contribution in [1.82, 2.24) is 4.98 Å². The Morgan fingerprint density at radius 2 is 2.16 bits per heavy atom. The zero-order valence-corrected chi connectivity index (χ0v) is 10.6. The van der Waals surface area contributed by atoms with Crippen LogP contribution in [0.5, 0.6) is 0 Å². The first-order valence-electron chi connectivity index (χ1n) is 5.88. The molecule has 1 atom stereocenters. The van der Waals surface area contributed by atoms with Crippen molar-refractivity contribution in [2.75, 3.05) is 18.0 Å². The average molecular weight is 264 g/mol. The molecule has 1 aliphatic heterocycles. The summed E-state index contributed by atoms with van der Waals surface area (Å²) in [6, 6.07) is 3.28. The second kappa shape index (κ2) is 4.51. The van der Waals surface area contributed by atoms with Crippen LogP contribution < -0.4 is 16.4 Å². The zero-order chi connectivity index (χ0) is 14.2. The van der Waals surface area contributed by atoms with E-state index >= 15 is 0 Å². The molecule has 2 rings (SSSR count). The van der Waals surface area contributed by atoms with E-state index in [0.29, 0.717) is 18.8 Å². The Kier molecular flexibility index (Phi) is 3.15. The van der Waals surface area contributed by atoms with E-state index in [1.165, 1.54) is 0 Å². The molecule has 0 saturated carbocycles. The monoisotopic (exact) mass is 264 g/mol. The molecule has 0 aliphatic carbocycles. The van der Waals surface area contributed by atoms with Crippen LogP contribution in [0.2, 0.25) is 0 Å². The van der Waals surface area contributed by atoms with E-state index in [-0.39, 0.29) is 12.1 Å². The second-order valence-corrected chi connectivity index (χ2v) is 4.82. The molecule has 1 fully saturated rings. The zero-order valence-electron chi connectivity index (χ0n) is 10.6. The van der Waals surface area contributed by atoms with Crippen molar-refractivity contribution in [2.45, 2.75) is 18.9 Å². The number of carboxylic acid groups (broad SMARTS) is 1. The van der Waals surface area contributed by atoms with Gasteiger partial charge in [-0.3, -0.25) is 9.59 Å². The summed E-state index contributed by atoms with van der Waals surface area (Å²) in [6.45, 7) is 2.33. The molecule has 1 aliphatic rings. The van der Waals surface area contributed by atoms with E-state index in [0.717, 1.165) is 5.69 Å². The standard InChI is InChI=1S/C12H16N4O3/c1-7-2-3-8(9(13)17)10(15-7)16-5-4-12(14,6-16)11(18)19/h2-3H,4-6,14H2,1H3,(H2,13,17)(H,18,19). The summed E-state index contributed by atoms with van der Waals surface area (Å²) in [5.41, 5.74) is 10.8. The van der Waals surface area contributed by atoms with Gasteiger partial charge in [0.05, 0.1) is 5.56 Å². The summed E-state index contributed by atoms with van der Waals surface area (Å²) < 4.78 is 0. The molecule has 7 heteroatoms. The Morgan fingerprint density at radius 1 is 1.47 bits per heavy atom. The van der Waals surface area contributed by atoms with Crippen LogP contribution in [0.25, 0.3) is 0 Å². The number of carboxylic acids is 1. The van der Waals surface area contributed by atoms with E-state index in [2.05, 4.69) is 4.98 Å². The number of aromatic nitrogens is 1. The van der Waals surface area contributed by atoms with Gasteiger partial charge in [-0.15, -0.1) is 0 Å². The van der Waals surface area contributed by atoms with Gasteiger partial charge in [0.1, 0.15) is 11.4 Å². The first-order valence-corrected chi connectivity index (χ1v) is 5.88. The lowest BCUT2D eigenvalue weighted by molar-refractivity contribution is -0.142. The van der Waals surface area contributed by atoms with Crippen LogP contribution in [0.3, 0.4) is 0 Å². The molecular formula is C12H16N4O3. The van der Waals surface area contributed by atoms with Crippen LogP contribution in [0.1, 0.15) is 22.5 Å². The first kappa shape index (κ1) is 13.3. The van der Waals surface area contributed by atoms with Crippen molar-refractivity contribution in [1.29, 1.82) is 0 Å². The highest BCUT2D eigenvalue weighted by atomic mass is 16.4.